The van der Waals surface area contributed by atoms with Crippen LogP contribution in [-0.2, 0) is 16.1 Å². The summed E-state index contributed by atoms with van der Waals surface area (Å²) in [7, 11) is 1.64. The van der Waals surface area contributed by atoms with Gasteiger partial charge in [-0.25, -0.2) is 9.66 Å². The molecule has 0 aliphatic rings. The van der Waals surface area contributed by atoms with Gasteiger partial charge in [0.15, 0.2) is 5.16 Å². The molecule has 28 heavy (non-hydrogen) atoms. The number of carbonyl (C=O) groups is 1. The summed E-state index contributed by atoms with van der Waals surface area (Å²) in [4.78, 5) is 19.1. The molecule has 2 N–H and O–H groups in total. The molecule has 3 rings (SSSR count). The summed E-state index contributed by atoms with van der Waals surface area (Å²) in [6.45, 7) is 1.58. The lowest BCUT2D eigenvalue weighted by Gasteiger charge is -2.22. The number of benzene rings is 2. The molecule has 0 bridgehead atoms. The molecule has 0 saturated heterocycles. The van der Waals surface area contributed by atoms with Crippen LogP contribution >= 0.6 is 11.8 Å². The number of nitrogen functional groups attached to an aromatic ring is 1. The van der Waals surface area contributed by atoms with E-state index in [0.29, 0.717) is 24.9 Å². The van der Waals surface area contributed by atoms with Gasteiger partial charge >= 0.3 is 0 Å². The van der Waals surface area contributed by atoms with Crippen LogP contribution in [0.15, 0.2) is 72.0 Å². The highest BCUT2D eigenvalue weighted by Crippen LogP contribution is 2.23. The van der Waals surface area contributed by atoms with Gasteiger partial charge in [-0.1, -0.05) is 72.4 Å². The molecule has 7 heteroatoms. The SMILES string of the molecule is COCCN(Cc1ccccc1)C(=O)CSc1nc(-c2ccccc2)cn1N. The third-order valence-corrected chi connectivity index (χ3v) is 5.18. The van der Waals surface area contributed by atoms with Crippen molar-refractivity contribution in [1.29, 1.82) is 0 Å². The Labute approximate surface area is 169 Å². The fraction of sp³-hybridized carbons (Fsp3) is 0.238. The van der Waals surface area contributed by atoms with Crippen LogP contribution in [0.3, 0.4) is 0 Å². The Kier molecular flexibility index (Phi) is 7.11. The maximum absolute atomic E-state index is 12.8. The molecule has 6 nitrogen and oxygen atoms in total. The second-order valence-electron chi connectivity index (χ2n) is 6.26. The van der Waals surface area contributed by atoms with Crippen molar-refractivity contribution in [3.63, 3.8) is 0 Å². The maximum atomic E-state index is 12.8. The molecule has 0 atom stereocenters. The normalized spacial score (nSPS) is 10.8. The fourth-order valence-corrected chi connectivity index (χ4v) is 3.55. The van der Waals surface area contributed by atoms with E-state index in [9.17, 15) is 4.79 Å². The first kappa shape index (κ1) is 20.0. The van der Waals surface area contributed by atoms with Gasteiger partial charge in [-0.15, -0.1) is 0 Å². The number of rotatable bonds is 9. The lowest BCUT2D eigenvalue weighted by molar-refractivity contribution is -0.129. The van der Waals surface area contributed by atoms with E-state index in [1.54, 1.807) is 18.2 Å². The van der Waals surface area contributed by atoms with E-state index in [0.717, 1.165) is 16.8 Å². The molecule has 3 aromatic rings. The molecule has 0 aliphatic carbocycles. The highest BCUT2D eigenvalue weighted by atomic mass is 32.2. The summed E-state index contributed by atoms with van der Waals surface area (Å²) < 4.78 is 6.63. The Balaban J connectivity index is 1.64. The molecular weight excluding hydrogens is 372 g/mol. The average Bonchev–Trinajstić information content (AvgIpc) is 3.11. The minimum atomic E-state index is 0.0233. The lowest BCUT2D eigenvalue weighted by Crippen LogP contribution is -2.34. The number of ether oxygens (including phenoxy) is 1. The average molecular weight is 397 g/mol. The van der Waals surface area contributed by atoms with Crippen molar-refractivity contribution in [2.45, 2.75) is 11.7 Å². The topological polar surface area (TPSA) is 73.4 Å². The molecule has 0 spiro atoms. The molecule has 0 fully saturated rings. The van der Waals surface area contributed by atoms with Gasteiger partial charge in [0.2, 0.25) is 5.91 Å². The van der Waals surface area contributed by atoms with Gasteiger partial charge < -0.3 is 15.5 Å². The van der Waals surface area contributed by atoms with Crippen LogP contribution in [0, 0.1) is 0 Å². The molecule has 0 unspecified atom stereocenters. The highest BCUT2D eigenvalue weighted by Gasteiger charge is 2.16. The number of nitrogens with zero attached hydrogens (tertiary/aromatic N) is 3. The quantitative estimate of drug-likeness (QED) is 0.445. The summed E-state index contributed by atoms with van der Waals surface area (Å²) in [5.41, 5.74) is 2.87. The Bertz CT molecular complexity index is 884. The first-order valence-electron chi connectivity index (χ1n) is 9.00. The van der Waals surface area contributed by atoms with Crippen molar-refractivity contribution in [2.24, 2.45) is 0 Å². The first-order chi connectivity index (χ1) is 13.7. The summed E-state index contributed by atoms with van der Waals surface area (Å²) in [5.74, 6) is 6.32. The van der Waals surface area contributed by atoms with Crippen LogP contribution < -0.4 is 5.84 Å². The zero-order valence-corrected chi connectivity index (χ0v) is 16.6. The maximum Gasteiger partial charge on any atom is 0.233 e. The van der Waals surface area contributed by atoms with E-state index in [2.05, 4.69) is 4.98 Å². The van der Waals surface area contributed by atoms with Crippen molar-refractivity contribution in [2.75, 3.05) is 31.9 Å². The number of nitrogens with two attached hydrogens (primary N) is 1. The van der Waals surface area contributed by atoms with Crippen LogP contribution in [0.1, 0.15) is 5.56 Å². The number of amides is 1. The van der Waals surface area contributed by atoms with Crippen LogP contribution in [0.5, 0.6) is 0 Å². The molecule has 146 valence electrons. The van der Waals surface area contributed by atoms with Gasteiger partial charge in [0.1, 0.15) is 0 Å². The van der Waals surface area contributed by atoms with E-state index in [-0.39, 0.29) is 11.7 Å². The largest absolute Gasteiger partial charge is 0.383 e. The summed E-state index contributed by atoms with van der Waals surface area (Å²) in [5, 5.41) is 0.610. The van der Waals surface area contributed by atoms with E-state index in [1.165, 1.54) is 16.4 Å². The van der Waals surface area contributed by atoms with Gasteiger partial charge in [-0.3, -0.25) is 4.79 Å². The fourth-order valence-electron chi connectivity index (χ4n) is 2.75. The van der Waals surface area contributed by atoms with Crippen molar-refractivity contribution < 1.29 is 9.53 Å². The van der Waals surface area contributed by atoms with Gasteiger partial charge in [-0.05, 0) is 5.56 Å². The summed E-state index contributed by atoms with van der Waals surface area (Å²) >= 11 is 1.34. The highest BCUT2D eigenvalue weighted by molar-refractivity contribution is 7.99. The predicted molar refractivity (Wildman–Crippen MR) is 112 cm³/mol. The van der Waals surface area contributed by atoms with Crippen LogP contribution in [0.4, 0.5) is 0 Å². The van der Waals surface area contributed by atoms with Crippen molar-refractivity contribution >= 4 is 17.7 Å². The van der Waals surface area contributed by atoms with E-state index in [4.69, 9.17) is 10.6 Å². The van der Waals surface area contributed by atoms with E-state index < -0.39 is 0 Å². The van der Waals surface area contributed by atoms with Gasteiger partial charge in [0.05, 0.1) is 24.3 Å². The molecular formula is C21H24N4O2S. The minimum absolute atomic E-state index is 0.0233. The zero-order chi connectivity index (χ0) is 19.8. The van der Waals surface area contributed by atoms with E-state index in [1.807, 2.05) is 60.7 Å². The number of thioether (sulfide) groups is 1. The van der Waals surface area contributed by atoms with E-state index >= 15 is 0 Å². The summed E-state index contributed by atoms with van der Waals surface area (Å²) in [6.07, 6.45) is 1.77. The van der Waals surface area contributed by atoms with Gasteiger partial charge in [-0.2, -0.15) is 0 Å². The Morgan fingerprint density at radius 1 is 1.14 bits per heavy atom. The second-order valence-corrected chi connectivity index (χ2v) is 7.21. The molecule has 0 aliphatic heterocycles. The monoisotopic (exact) mass is 396 g/mol. The number of methoxy groups -OCH3 is 1. The standard InChI is InChI=1S/C21H24N4O2S/c1-27-13-12-24(14-17-8-4-2-5-9-17)20(26)16-28-21-23-19(15-25(21)22)18-10-6-3-7-11-18/h2-11,15H,12-14,16,22H2,1H3. The minimum Gasteiger partial charge on any atom is -0.383 e. The zero-order valence-electron chi connectivity index (χ0n) is 15.8. The summed E-state index contributed by atoms with van der Waals surface area (Å²) in [6, 6.07) is 19.8. The lowest BCUT2D eigenvalue weighted by atomic mass is 10.2. The van der Waals surface area contributed by atoms with Crippen LogP contribution in [-0.4, -0.2) is 46.5 Å². The molecule has 1 aromatic heterocycles. The van der Waals surface area contributed by atoms with Gasteiger partial charge in [0.25, 0.3) is 0 Å². The molecule has 2 aromatic carbocycles. The van der Waals surface area contributed by atoms with Crippen molar-refractivity contribution in [1.82, 2.24) is 14.6 Å². The third-order valence-electron chi connectivity index (χ3n) is 4.23. The Morgan fingerprint density at radius 3 is 2.50 bits per heavy atom. The molecule has 0 saturated carbocycles. The molecule has 1 amide bonds. The van der Waals surface area contributed by atoms with Crippen LogP contribution in [0.25, 0.3) is 11.3 Å². The Hall–Kier alpha value is -2.77. The molecule has 1 heterocycles. The van der Waals surface area contributed by atoms with Crippen LogP contribution in [0.2, 0.25) is 0 Å². The van der Waals surface area contributed by atoms with Gasteiger partial charge in [0, 0.05) is 25.8 Å². The Morgan fingerprint density at radius 2 is 1.82 bits per heavy atom. The number of carbonyl (C=O) groups excluding carboxylic acids is 1. The predicted octanol–water partition coefficient (Wildman–Crippen LogP) is 3.03. The molecule has 0 radical (unpaired) electrons. The number of hydrogen-bond acceptors (Lipinski definition) is 5. The number of hydrogen-bond donors (Lipinski definition) is 1. The second kappa shape index (κ2) is 9.96. The van der Waals surface area contributed by atoms with Crippen molar-refractivity contribution in [3.05, 3.63) is 72.4 Å². The third kappa shape index (κ3) is 5.37. The number of aromatic nitrogens is 2. The van der Waals surface area contributed by atoms with Crippen molar-refractivity contribution in [3.8, 4) is 11.3 Å². The number of imidazole rings is 1. The first-order valence-corrected chi connectivity index (χ1v) is 9.99. The smallest absolute Gasteiger partial charge is 0.233 e.